The van der Waals surface area contributed by atoms with Gasteiger partial charge >= 0.3 is 0 Å². The minimum atomic E-state index is 0.127. The van der Waals surface area contributed by atoms with E-state index in [1.807, 2.05) is 29.2 Å². The van der Waals surface area contributed by atoms with Crippen LogP contribution >= 0.6 is 0 Å². The van der Waals surface area contributed by atoms with Crippen LogP contribution in [0.2, 0.25) is 0 Å². The van der Waals surface area contributed by atoms with Crippen LogP contribution in [0.1, 0.15) is 22.3 Å². The van der Waals surface area contributed by atoms with Crippen LogP contribution in [0.25, 0.3) is 0 Å². The minimum absolute atomic E-state index is 0.127. The summed E-state index contributed by atoms with van der Waals surface area (Å²) in [6.07, 6.45) is 1.02. The Morgan fingerprint density at radius 2 is 2.06 bits per heavy atom. The number of amides is 1. The molecule has 1 amide bonds. The minimum Gasteiger partial charge on any atom is -0.380 e. The van der Waals surface area contributed by atoms with Gasteiger partial charge in [0.15, 0.2) is 0 Å². The fourth-order valence-corrected chi connectivity index (χ4v) is 2.14. The first-order valence-electron chi connectivity index (χ1n) is 6.39. The van der Waals surface area contributed by atoms with E-state index in [-0.39, 0.29) is 5.91 Å². The Morgan fingerprint density at radius 3 is 2.78 bits per heavy atom. The van der Waals surface area contributed by atoms with Crippen molar-refractivity contribution in [2.75, 3.05) is 33.3 Å². The van der Waals surface area contributed by atoms with E-state index in [9.17, 15) is 4.79 Å². The van der Waals surface area contributed by atoms with Crippen molar-refractivity contribution in [3.05, 3.63) is 35.4 Å². The molecule has 0 spiro atoms. The highest BCUT2D eigenvalue weighted by Crippen LogP contribution is 2.09. The summed E-state index contributed by atoms with van der Waals surface area (Å²) in [6.45, 7) is 4.09. The number of hydrogen-bond donors (Lipinski definition) is 1. The Labute approximate surface area is 108 Å². The van der Waals surface area contributed by atoms with Gasteiger partial charge in [0.1, 0.15) is 0 Å². The molecule has 0 atom stereocenters. The maximum absolute atomic E-state index is 12.3. The highest BCUT2D eigenvalue weighted by atomic mass is 16.5. The number of benzene rings is 1. The van der Waals surface area contributed by atoms with Crippen LogP contribution in [0.4, 0.5) is 0 Å². The van der Waals surface area contributed by atoms with Gasteiger partial charge in [-0.15, -0.1) is 0 Å². The Kier molecular flexibility index (Phi) is 4.73. The molecule has 0 aliphatic carbocycles. The summed E-state index contributed by atoms with van der Waals surface area (Å²) in [5.41, 5.74) is 1.85. The van der Waals surface area contributed by atoms with Crippen LogP contribution < -0.4 is 5.32 Å². The number of nitrogens with one attached hydrogen (secondary N) is 1. The molecular formula is C14H20N2O2. The maximum Gasteiger partial charge on any atom is 0.253 e. The average molecular weight is 248 g/mol. The molecule has 1 fully saturated rings. The van der Waals surface area contributed by atoms with Crippen molar-refractivity contribution in [1.82, 2.24) is 10.2 Å². The standard InChI is InChI=1S/C14H20N2O2/c1-18-11-12-3-5-13(6-4-12)14(17)16-9-2-7-15-8-10-16/h3-6,15H,2,7-11H2,1H3. The lowest BCUT2D eigenvalue weighted by Crippen LogP contribution is -2.34. The normalized spacial score (nSPS) is 16.4. The molecule has 1 aromatic carbocycles. The molecule has 2 rings (SSSR count). The van der Waals surface area contributed by atoms with Gasteiger partial charge in [0, 0.05) is 32.3 Å². The zero-order valence-electron chi connectivity index (χ0n) is 10.8. The zero-order chi connectivity index (χ0) is 12.8. The van der Waals surface area contributed by atoms with Crippen LogP contribution in [0.15, 0.2) is 24.3 Å². The molecule has 1 aliphatic heterocycles. The van der Waals surface area contributed by atoms with Crippen molar-refractivity contribution in [2.45, 2.75) is 13.0 Å². The first kappa shape index (κ1) is 13.1. The van der Waals surface area contributed by atoms with Gasteiger partial charge in [0.25, 0.3) is 5.91 Å². The molecule has 1 heterocycles. The molecule has 98 valence electrons. The van der Waals surface area contributed by atoms with Gasteiger partial charge in [0.2, 0.25) is 0 Å². The smallest absolute Gasteiger partial charge is 0.253 e. The molecule has 1 saturated heterocycles. The lowest BCUT2D eigenvalue weighted by Gasteiger charge is -2.20. The summed E-state index contributed by atoms with van der Waals surface area (Å²) >= 11 is 0. The third-order valence-electron chi connectivity index (χ3n) is 3.14. The van der Waals surface area contributed by atoms with E-state index in [2.05, 4.69) is 5.32 Å². The van der Waals surface area contributed by atoms with Gasteiger partial charge in [-0.3, -0.25) is 4.79 Å². The van der Waals surface area contributed by atoms with Gasteiger partial charge in [-0.05, 0) is 30.7 Å². The van der Waals surface area contributed by atoms with E-state index in [1.165, 1.54) is 0 Å². The second-order valence-corrected chi connectivity index (χ2v) is 4.53. The SMILES string of the molecule is COCc1ccc(C(=O)N2CCCNCC2)cc1. The molecule has 0 aromatic heterocycles. The molecule has 18 heavy (non-hydrogen) atoms. The quantitative estimate of drug-likeness (QED) is 0.876. The molecule has 0 saturated carbocycles. The van der Waals surface area contributed by atoms with E-state index in [4.69, 9.17) is 4.74 Å². The molecule has 0 bridgehead atoms. The van der Waals surface area contributed by atoms with Gasteiger partial charge < -0.3 is 15.0 Å². The second kappa shape index (κ2) is 6.52. The van der Waals surface area contributed by atoms with E-state index < -0.39 is 0 Å². The van der Waals surface area contributed by atoms with Gasteiger partial charge in [-0.1, -0.05) is 12.1 Å². The number of rotatable bonds is 3. The largest absolute Gasteiger partial charge is 0.380 e. The van der Waals surface area contributed by atoms with Crippen LogP contribution in [0.5, 0.6) is 0 Å². The molecule has 1 aromatic rings. The Balaban J connectivity index is 2.02. The summed E-state index contributed by atoms with van der Waals surface area (Å²) in [5.74, 6) is 0.127. The molecule has 4 nitrogen and oxygen atoms in total. The van der Waals surface area contributed by atoms with Crippen molar-refractivity contribution in [3.63, 3.8) is 0 Å². The zero-order valence-corrected chi connectivity index (χ0v) is 10.8. The number of carbonyl (C=O) groups is 1. The predicted octanol–water partition coefficient (Wildman–Crippen LogP) is 1.27. The molecule has 1 N–H and O–H groups in total. The van der Waals surface area contributed by atoms with Gasteiger partial charge in [-0.25, -0.2) is 0 Å². The van der Waals surface area contributed by atoms with Crippen molar-refractivity contribution in [3.8, 4) is 0 Å². The third-order valence-corrected chi connectivity index (χ3v) is 3.14. The fraction of sp³-hybridized carbons (Fsp3) is 0.500. The van der Waals surface area contributed by atoms with Crippen molar-refractivity contribution in [2.24, 2.45) is 0 Å². The van der Waals surface area contributed by atoms with E-state index in [1.54, 1.807) is 7.11 Å². The summed E-state index contributed by atoms with van der Waals surface area (Å²) in [6, 6.07) is 7.67. The van der Waals surface area contributed by atoms with Crippen LogP contribution in [0, 0.1) is 0 Å². The number of ether oxygens (including phenoxy) is 1. The van der Waals surface area contributed by atoms with Crippen molar-refractivity contribution >= 4 is 5.91 Å². The highest BCUT2D eigenvalue weighted by molar-refractivity contribution is 5.94. The first-order chi connectivity index (χ1) is 8.81. The van der Waals surface area contributed by atoms with Crippen molar-refractivity contribution in [1.29, 1.82) is 0 Å². The van der Waals surface area contributed by atoms with E-state index >= 15 is 0 Å². The lowest BCUT2D eigenvalue weighted by atomic mass is 10.1. The summed E-state index contributed by atoms with van der Waals surface area (Å²) in [5, 5.41) is 3.30. The predicted molar refractivity (Wildman–Crippen MR) is 70.5 cm³/mol. The molecule has 4 heteroatoms. The third kappa shape index (κ3) is 3.31. The van der Waals surface area contributed by atoms with Crippen LogP contribution in [-0.2, 0) is 11.3 Å². The molecule has 0 unspecified atom stereocenters. The maximum atomic E-state index is 12.3. The number of carbonyl (C=O) groups excluding carboxylic acids is 1. The van der Waals surface area contributed by atoms with Gasteiger partial charge in [0.05, 0.1) is 6.61 Å². The molecular weight excluding hydrogens is 228 g/mol. The fourth-order valence-electron chi connectivity index (χ4n) is 2.14. The first-order valence-corrected chi connectivity index (χ1v) is 6.39. The molecule has 0 radical (unpaired) electrons. The Morgan fingerprint density at radius 1 is 1.28 bits per heavy atom. The van der Waals surface area contributed by atoms with E-state index in [0.717, 1.165) is 43.7 Å². The Bertz CT molecular complexity index is 381. The number of hydrogen-bond acceptors (Lipinski definition) is 3. The number of methoxy groups -OCH3 is 1. The van der Waals surface area contributed by atoms with Gasteiger partial charge in [-0.2, -0.15) is 0 Å². The van der Waals surface area contributed by atoms with E-state index in [0.29, 0.717) is 6.61 Å². The summed E-state index contributed by atoms with van der Waals surface area (Å²) in [4.78, 5) is 14.2. The van der Waals surface area contributed by atoms with Crippen LogP contribution in [-0.4, -0.2) is 44.1 Å². The van der Waals surface area contributed by atoms with Crippen molar-refractivity contribution < 1.29 is 9.53 Å². The second-order valence-electron chi connectivity index (χ2n) is 4.53. The summed E-state index contributed by atoms with van der Waals surface area (Å²) in [7, 11) is 1.67. The highest BCUT2D eigenvalue weighted by Gasteiger charge is 2.16. The lowest BCUT2D eigenvalue weighted by molar-refractivity contribution is 0.0766. The van der Waals surface area contributed by atoms with Crippen LogP contribution in [0.3, 0.4) is 0 Å². The molecule has 1 aliphatic rings. The average Bonchev–Trinajstić information content (AvgIpc) is 2.68. The summed E-state index contributed by atoms with van der Waals surface area (Å²) < 4.78 is 5.06. The Hall–Kier alpha value is -1.39. The topological polar surface area (TPSA) is 41.6 Å². The number of nitrogens with zero attached hydrogens (tertiary/aromatic N) is 1. The monoisotopic (exact) mass is 248 g/mol.